The molecule has 2 N–H and O–H groups in total. The Balaban J connectivity index is 1.59. The molecular formula is C22H23Cl2N5O3S. The van der Waals surface area contributed by atoms with Crippen LogP contribution in [-0.2, 0) is 16.1 Å². The molecule has 0 radical (unpaired) electrons. The van der Waals surface area contributed by atoms with Crippen LogP contribution in [0.15, 0.2) is 48.1 Å². The van der Waals surface area contributed by atoms with Gasteiger partial charge in [-0.2, -0.15) is 0 Å². The van der Waals surface area contributed by atoms with Crippen molar-refractivity contribution in [2.75, 3.05) is 32.1 Å². The lowest BCUT2D eigenvalue weighted by Gasteiger charge is -2.21. The zero-order valence-electron chi connectivity index (χ0n) is 17.9. The molecule has 33 heavy (non-hydrogen) atoms. The van der Waals surface area contributed by atoms with Crippen molar-refractivity contribution in [2.24, 2.45) is 0 Å². The van der Waals surface area contributed by atoms with Gasteiger partial charge >= 0.3 is 0 Å². The van der Waals surface area contributed by atoms with Crippen molar-refractivity contribution in [3.8, 4) is 0 Å². The Hall–Kier alpha value is -2.72. The third kappa shape index (κ3) is 7.68. The fourth-order valence-corrected chi connectivity index (χ4v) is 3.88. The second kappa shape index (κ2) is 12.5. The number of amides is 2. The highest BCUT2D eigenvalue weighted by atomic mass is 35.5. The molecule has 11 heteroatoms. The number of carbonyl (C=O) groups excluding carboxylic acids is 2. The molecule has 0 saturated carbocycles. The lowest BCUT2D eigenvalue weighted by molar-refractivity contribution is -0.121. The van der Waals surface area contributed by atoms with Crippen molar-refractivity contribution >= 4 is 57.2 Å². The molecular weight excluding hydrogens is 485 g/mol. The molecule has 0 aliphatic heterocycles. The number of aromatic nitrogens is 2. The van der Waals surface area contributed by atoms with Gasteiger partial charge in [-0.1, -0.05) is 29.3 Å². The molecule has 174 valence electrons. The second-order valence-electron chi connectivity index (χ2n) is 6.96. The van der Waals surface area contributed by atoms with Gasteiger partial charge in [0.1, 0.15) is 5.69 Å². The minimum Gasteiger partial charge on any atom is -0.383 e. The van der Waals surface area contributed by atoms with E-state index in [2.05, 4.69) is 20.6 Å². The molecule has 1 aromatic carbocycles. The highest BCUT2D eigenvalue weighted by molar-refractivity contribution is 7.14. The summed E-state index contributed by atoms with van der Waals surface area (Å²) in [6, 6.07) is 8.74. The van der Waals surface area contributed by atoms with E-state index in [1.54, 1.807) is 48.0 Å². The van der Waals surface area contributed by atoms with Crippen LogP contribution in [0, 0.1) is 0 Å². The molecule has 3 aromatic rings. The normalized spacial score (nSPS) is 10.6. The highest BCUT2D eigenvalue weighted by Crippen LogP contribution is 2.30. The van der Waals surface area contributed by atoms with Crippen molar-refractivity contribution in [3.05, 3.63) is 69.4 Å². The van der Waals surface area contributed by atoms with Gasteiger partial charge in [0.05, 0.1) is 17.3 Å². The number of nitrogens with one attached hydrogen (secondary N) is 2. The first-order valence-corrected chi connectivity index (χ1v) is 11.7. The molecule has 2 aromatic heterocycles. The van der Waals surface area contributed by atoms with Crippen LogP contribution in [-0.4, -0.2) is 53.5 Å². The standard InChI is InChI=1S/C22H23Cl2N5O3S/c1-32-10-9-29(8-6-20(30)26-13-15-3-2-7-25-12-15)21(31)19-14-33-22(28-19)27-18-11-16(23)4-5-17(18)24/h2-5,7,11-12,14H,6,8-10,13H2,1H3,(H,26,30)(H,27,28). The summed E-state index contributed by atoms with van der Waals surface area (Å²) in [5, 5.41) is 9.09. The minimum atomic E-state index is -0.284. The number of hydrogen-bond acceptors (Lipinski definition) is 7. The molecule has 0 atom stereocenters. The number of nitrogens with zero attached hydrogens (tertiary/aromatic N) is 3. The van der Waals surface area contributed by atoms with E-state index < -0.39 is 0 Å². The monoisotopic (exact) mass is 507 g/mol. The number of rotatable bonds is 11. The maximum Gasteiger partial charge on any atom is 0.273 e. The first-order valence-electron chi connectivity index (χ1n) is 10.1. The van der Waals surface area contributed by atoms with E-state index in [0.717, 1.165) is 5.56 Å². The number of anilines is 2. The number of methoxy groups -OCH3 is 1. The molecule has 0 bridgehead atoms. The summed E-state index contributed by atoms with van der Waals surface area (Å²) < 4.78 is 5.12. The third-order valence-corrected chi connectivity index (χ3v) is 5.89. The van der Waals surface area contributed by atoms with Crippen LogP contribution in [0.25, 0.3) is 0 Å². The van der Waals surface area contributed by atoms with E-state index in [1.165, 1.54) is 11.3 Å². The van der Waals surface area contributed by atoms with Gasteiger partial charge in [0, 0.05) is 56.0 Å². The zero-order valence-corrected chi connectivity index (χ0v) is 20.2. The fourth-order valence-electron chi connectivity index (χ4n) is 2.84. The molecule has 3 rings (SSSR count). The molecule has 0 fully saturated rings. The van der Waals surface area contributed by atoms with Gasteiger partial charge in [0.15, 0.2) is 5.13 Å². The van der Waals surface area contributed by atoms with Gasteiger partial charge in [-0.25, -0.2) is 4.98 Å². The molecule has 0 aliphatic rings. The van der Waals surface area contributed by atoms with Crippen LogP contribution >= 0.6 is 34.5 Å². The maximum atomic E-state index is 13.0. The topological polar surface area (TPSA) is 96.5 Å². The Bertz CT molecular complexity index is 1080. The van der Waals surface area contributed by atoms with E-state index in [0.29, 0.717) is 40.6 Å². The predicted octanol–water partition coefficient (Wildman–Crippen LogP) is 4.38. The zero-order chi connectivity index (χ0) is 23.6. The summed E-state index contributed by atoms with van der Waals surface area (Å²) in [5.41, 5.74) is 1.77. The van der Waals surface area contributed by atoms with Crippen molar-refractivity contribution in [1.29, 1.82) is 0 Å². The first-order chi connectivity index (χ1) is 16.0. The highest BCUT2D eigenvalue weighted by Gasteiger charge is 2.20. The van der Waals surface area contributed by atoms with Crippen molar-refractivity contribution < 1.29 is 14.3 Å². The van der Waals surface area contributed by atoms with Crippen LogP contribution in [0.2, 0.25) is 10.0 Å². The number of carbonyl (C=O) groups is 2. The van der Waals surface area contributed by atoms with Gasteiger partial charge in [0.2, 0.25) is 5.91 Å². The number of benzene rings is 1. The van der Waals surface area contributed by atoms with E-state index in [-0.39, 0.29) is 30.5 Å². The minimum absolute atomic E-state index is 0.156. The van der Waals surface area contributed by atoms with Crippen molar-refractivity contribution in [1.82, 2.24) is 20.2 Å². The summed E-state index contributed by atoms with van der Waals surface area (Å²) in [6.07, 6.45) is 3.52. The Labute approximate surface area is 205 Å². The summed E-state index contributed by atoms with van der Waals surface area (Å²) >= 11 is 13.5. The molecule has 0 saturated heterocycles. The van der Waals surface area contributed by atoms with Crippen LogP contribution in [0.3, 0.4) is 0 Å². The molecule has 0 aliphatic carbocycles. The largest absolute Gasteiger partial charge is 0.383 e. The summed E-state index contributed by atoms with van der Waals surface area (Å²) in [4.78, 5) is 35.3. The predicted molar refractivity (Wildman–Crippen MR) is 130 cm³/mol. The van der Waals surface area contributed by atoms with Gasteiger partial charge in [0.25, 0.3) is 5.91 Å². The first kappa shape index (κ1) is 24.9. The molecule has 2 amide bonds. The second-order valence-corrected chi connectivity index (χ2v) is 8.66. The van der Waals surface area contributed by atoms with E-state index >= 15 is 0 Å². The van der Waals surface area contributed by atoms with Gasteiger partial charge in [-0.15, -0.1) is 11.3 Å². The number of ether oxygens (including phenoxy) is 1. The number of thiazole rings is 1. The fraction of sp³-hybridized carbons (Fsp3) is 0.273. The summed E-state index contributed by atoms with van der Waals surface area (Å²) in [5.74, 6) is -0.445. The maximum absolute atomic E-state index is 13.0. The van der Waals surface area contributed by atoms with Gasteiger partial charge in [-0.3, -0.25) is 14.6 Å². The third-order valence-electron chi connectivity index (χ3n) is 4.57. The summed E-state index contributed by atoms with van der Waals surface area (Å²) in [6.45, 7) is 1.30. The van der Waals surface area contributed by atoms with Crippen LogP contribution in [0.4, 0.5) is 10.8 Å². The Morgan fingerprint density at radius 1 is 1.21 bits per heavy atom. The SMILES string of the molecule is COCCN(CCC(=O)NCc1cccnc1)C(=O)c1csc(Nc2cc(Cl)ccc2Cl)n1. The number of hydrogen-bond donors (Lipinski definition) is 2. The average Bonchev–Trinajstić information content (AvgIpc) is 3.29. The Morgan fingerprint density at radius 2 is 2.06 bits per heavy atom. The lowest BCUT2D eigenvalue weighted by Crippen LogP contribution is -2.37. The van der Waals surface area contributed by atoms with E-state index in [1.807, 2.05) is 12.1 Å². The Morgan fingerprint density at radius 3 is 2.82 bits per heavy atom. The average molecular weight is 508 g/mol. The van der Waals surface area contributed by atoms with Crippen LogP contribution in [0.1, 0.15) is 22.5 Å². The van der Waals surface area contributed by atoms with Crippen LogP contribution < -0.4 is 10.6 Å². The molecule has 0 unspecified atom stereocenters. The van der Waals surface area contributed by atoms with Gasteiger partial charge in [-0.05, 0) is 29.8 Å². The summed E-state index contributed by atoms with van der Waals surface area (Å²) in [7, 11) is 1.56. The van der Waals surface area contributed by atoms with Crippen LogP contribution in [0.5, 0.6) is 0 Å². The molecule has 0 spiro atoms. The van der Waals surface area contributed by atoms with Crippen molar-refractivity contribution in [3.63, 3.8) is 0 Å². The lowest BCUT2D eigenvalue weighted by atomic mass is 10.2. The van der Waals surface area contributed by atoms with E-state index in [9.17, 15) is 9.59 Å². The molecule has 8 nitrogen and oxygen atoms in total. The Kier molecular flexibility index (Phi) is 9.44. The van der Waals surface area contributed by atoms with Gasteiger partial charge < -0.3 is 20.3 Å². The van der Waals surface area contributed by atoms with Crippen molar-refractivity contribution in [2.45, 2.75) is 13.0 Å². The smallest absolute Gasteiger partial charge is 0.273 e. The number of pyridine rings is 1. The molecule has 2 heterocycles. The van der Waals surface area contributed by atoms with E-state index in [4.69, 9.17) is 27.9 Å². The number of halogens is 2. The quantitative estimate of drug-likeness (QED) is 0.399.